The maximum Gasteiger partial charge on any atom is 0.269 e. The number of nitrogens with zero attached hydrogens (tertiary/aromatic N) is 4. The minimum Gasteiger partial charge on any atom is -0.458 e. The van der Waals surface area contributed by atoms with Crippen LogP contribution < -0.4 is 9.30 Å². The number of aromatic nitrogens is 4. The highest BCUT2D eigenvalue weighted by Crippen LogP contribution is 2.45. The van der Waals surface area contributed by atoms with Crippen LogP contribution in [0.25, 0.3) is 39.0 Å². The topological polar surface area (TPSA) is 35.9 Å². The van der Waals surface area contributed by atoms with Crippen molar-refractivity contribution in [2.75, 3.05) is 0 Å². The molecule has 0 bridgehead atoms. The summed E-state index contributed by atoms with van der Waals surface area (Å²) in [7, 11) is 0. The first-order valence-electron chi connectivity index (χ1n) is 25.5. The molecule has 0 saturated heterocycles. The molecule has 0 aliphatic rings. The van der Waals surface area contributed by atoms with Crippen LogP contribution in [0, 0.1) is 6.33 Å². The molecule has 0 atom stereocenters. The molecule has 0 aliphatic carbocycles. The molecule has 0 unspecified atom stereocenters. The standard InChI is InChI=1S/C67H68N4O/c1-63(2,3)49-38-39-68-59(41-49)71-57-37-23-22-36-55(57)60-56(64(4,5)6)43-54(44-58(60)71)72-53-35-25-34-52(42-53)70-45-69(51-33-24-32-50(40-51)65(7,8)46-26-16-13-17-27-46)61(66(9,10)47-28-18-14-19-29-47)62(70)67(11,12)48-30-20-15-21-31-48/h13-44H,1-12H3. The molecule has 72 heavy (non-hydrogen) atoms. The quantitative estimate of drug-likeness (QED) is 0.0957. The van der Waals surface area contributed by atoms with E-state index in [9.17, 15) is 0 Å². The van der Waals surface area contributed by atoms with E-state index in [1.54, 1.807) is 0 Å². The van der Waals surface area contributed by atoms with Gasteiger partial charge < -0.3 is 4.74 Å². The molecule has 10 rings (SSSR count). The van der Waals surface area contributed by atoms with Gasteiger partial charge in [-0.2, -0.15) is 0 Å². The number of para-hydroxylation sites is 1. The van der Waals surface area contributed by atoms with Crippen molar-refractivity contribution in [1.82, 2.24) is 14.1 Å². The number of benzene rings is 7. The zero-order chi connectivity index (χ0) is 50.8. The second-order valence-corrected chi connectivity index (χ2v) is 23.2. The lowest BCUT2D eigenvalue weighted by Gasteiger charge is -2.35. The number of ether oxygens (including phenoxy) is 1. The molecule has 0 saturated carbocycles. The smallest absolute Gasteiger partial charge is 0.269 e. The lowest BCUT2D eigenvalue weighted by molar-refractivity contribution is -0.611. The van der Waals surface area contributed by atoms with Crippen molar-refractivity contribution in [2.24, 2.45) is 0 Å². The molecule has 0 N–H and O–H groups in total. The van der Waals surface area contributed by atoms with E-state index in [1.165, 1.54) is 44.2 Å². The van der Waals surface area contributed by atoms with Crippen LogP contribution in [-0.2, 0) is 27.1 Å². The highest BCUT2D eigenvalue weighted by Gasteiger charge is 2.40. The highest BCUT2D eigenvalue weighted by molar-refractivity contribution is 6.11. The predicted octanol–water partition coefficient (Wildman–Crippen LogP) is 16.4. The second kappa shape index (κ2) is 18.0. The molecule has 7 aromatic carbocycles. The summed E-state index contributed by atoms with van der Waals surface area (Å²) in [5.41, 5.74) is 12.4. The zero-order valence-electron chi connectivity index (χ0n) is 44.2. The summed E-state index contributed by atoms with van der Waals surface area (Å²) < 4.78 is 14.1. The van der Waals surface area contributed by atoms with Crippen molar-refractivity contribution in [3.63, 3.8) is 0 Å². The van der Waals surface area contributed by atoms with Crippen LogP contribution >= 0.6 is 0 Å². The van der Waals surface area contributed by atoms with Crippen LogP contribution in [0.1, 0.15) is 128 Å². The third-order valence-electron chi connectivity index (χ3n) is 15.1. The van der Waals surface area contributed by atoms with E-state index in [2.05, 4.69) is 291 Å². The molecule has 0 amide bonds. The first kappa shape index (κ1) is 48.1. The number of hydrogen-bond acceptors (Lipinski definition) is 2. The van der Waals surface area contributed by atoms with Crippen molar-refractivity contribution >= 4 is 21.8 Å². The van der Waals surface area contributed by atoms with Gasteiger partial charge in [0.15, 0.2) is 0 Å². The Kier molecular flexibility index (Phi) is 12.0. The summed E-state index contributed by atoms with van der Waals surface area (Å²) >= 11 is 0. The molecule has 3 aromatic heterocycles. The second-order valence-electron chi connectivity index (χ2n) is 23.2. The average Bonchev–Trinajstić information content (AvgIpc) is 3.95. The molecule has 0 fully saturated rings. The monoisotopic (exact) mass is 945 g/mol. The minimum atomic E-state index is -0.486. The molecule has 0 radical (unpaired) electrons. The SMILES string of the molecule is CC(C)(C)c1ccnc(-n2c3ccccc3c3c(C(C)(C)C)cc(Oc4cccc(-n5[c-][n+](-c6cccc(C(C)(C)c7ccccc7)c6)c(C(C)(C)c6ccccc6)c5C(C)(C)c5ccccc5)c4)cc32)c1. The van der Waals surface area contributed by atoms with Gasteiger partial charge in [0, 0.05) is 39.3 Å². The van der Waals surface area contributed by atoms with Crippen molar-refractivity contribution in [3.05, 3.63) is 245 Å². The van der Waals surface area contributed by atoms with Crippen LogP contribution in [0.2, 0.25) is 0 Å². The third-order valence-corrected chi connectivity index (χ3v) is 15.1. The van der Waals surface area contributed by atoms with Gasteiger partial charge in [-0.05, 0) is 98.8 Å². The van der Waals surface area contributed by atoms with Crippen molar-refractivity contribution < 1.29 is 9.30 Å². The van der Waals surface area contributed by atoms with E-state index in [0.717, 1.165) is 51.1 Å². The number of hydrogen-bond donors (Lipinski definition) is 0. The summed E-state index contributed by atoms with van der Waals surface area (Å²) in [5.74, 6) is 2.39. The number of fused-ring (bicyclic) bond motifs is 3. The van der Waals surface area contributed by atoms with Crippen LogP contribution in [-0.4, -0.2) is 14.1 Å². The summed E-state index contributed by atoms with van der Waals surface area (Å²) in [6.07, 6.45) is 5.96. The summed E-state index contributed by atoms with van der Waals surface area (Å²) in [6, 6.07) is 67.7. The fourth-order valence-corrected chi connectivity index (χ4v) is 10.8. The zero-order valence-corrected chi connectivity index (χ0v) is 44.2. The summed E-state index contributed by atoms with van der Waals surface area (Å²) in [4.78, 5) is 5.01. The van der Waals surface area contributed by atoms with E-state index in [4.69, 9.17) is 9.72 Å². The van der Waals surface area contributed by atoms with Gasteiger partial charge in [-0.15, -0.1) is 0 Å². The normalized spacial score (nSPS) is 12.7. The Hall–Kier alpha value is -7.50. The highest BCUT2D eigenvalue weighted by atomic mass is 16.5. The lowest BCUT2D eigenvalue weighted by Crippen LogP contribution is -2.43. The van der Waals surface area contributed by atoms with Gasteiger partial charge in [0.1, 0.15) is 17.3 Å². The molecule has 3 heterocycles. The van der Waals surface area contributed by atoms with Gasteiger partial charge in [-0.1, -0.05) is 210 Å². The Balaban J connectivity index is 1.19. The lowest BCUT2D eigenvalue weighted by atomic mass is 9.73. The Bertz CT molecular complexity index is 3580. The van der Waals surface area contributed by atoms with Crippen molar-refractivity contribution in [1.29, 1.82) is 0 Å². The van der Waals surface area contributed by atoms with Crippen LogP contribution in [0.4, 0.5) is 0 Å². The maximum atomic E-state index is 7.15. The molecule has 0 aliphatic heterocycles. The first-order chi connectivity index (χ1) is 34.2. The van der Waals surface area contributed by atoms with Gasteiger partial charge in [-0.3, -0.25) is 13.7 Å². The minimum absolute atomic E-state index is 0.0414. The van der Waals surface area contributed by atoms with Crippen molar-refractivity contribution in [3.8, 4) is 28.7 Å². The van der Waals surface area contributed by atoms with E-state index in [1.807, 2.05) is 6.20 Å². The molecular formula is C67H68N4O. The van der Waals surface area contributed by atoms with Gasteiger partial charge in [0.05, 0.1) is 33.8 Å². The van der Waals surface area contributed by atoms with Crippen molar-refractivity contribution in [2.45, 2.75) is 110 Å². The molecule has 362 valence electrons. The van der Waals surface area contributed by atoms with E-state index < -0.39 is 10.8 Å². The Morgan fingerprint density at radius 1 is 0.458 bits per heavy atom. The average molecular weight is 945 g/mol. The Morgan fingerprint density at radius 3 is 1.68 bits per heavy atom. The third kappa shape index (κ3) is 8.63. The maximum absolute atomic E-state index is 7.15. The van der Waals surface area contributed by atoms with Gasteiger partial charge in [0.2, 0.25) is 0 Å². The van der Waals surface area contributed by atoms with E-state index in [0.29, 0.717) is 0 Å². The molecular weight excluding hydrogens is 877 g/mol. The number of pyridine rings is 1. The van der Waals surface area contributed by atoms with Crippen LogP contribution in [0.15, 0.2) is 194 Å². The summed E-state index contributed by atoms with van der Waals surface area (Å²) in [5, 5.41) is 2.41. The van der Waals surface area contributed by atoms with Gasteiger partial charge in [-0.25, -0.2) is 4.98 Å². The first-order valence-corrected chi connectivity index (χ1v) is 25.5. The van der Waals surface area contributed by atoms with E-state index >= 15 is 0 Å². The Labute approximate surface area is 427 Å². The fraction of sp³-hybridized carbons (Fsp3) is 0.254. The largest absolute Gasteiger partial charge is 0.458 e. The predicted molar refractivity (Wildman–Crippen MR) is 298 cm³/mol. The van der Waals surface area contributed by atoms with Gasteiger partial charge in [0.25, 0.3) is 6.33 Å². The molecule has 10 aromatic rings. The van der Waals surface area contributed by atoms with Crippen LogP contribution in [0.3, 0.4) is 0 Å². The van der Waals surface area contributed by atoms with Crippen LogP contribution in [0.5, 0.6) is 11.5 Å². The molecule has 5 heteroatoms. The van der Waals surface area contributed by atoms with E-state index in [-0.39, 0.29) is 16.2 Å². The number of rotatable bonds is 11. The Morgan fingerprint density at radius 2 is 1.04 bits per heavy atom. The molecule has 0 spiro atoms. The van der Waals surface area contributed by atoms with Gasteiger partial charge >= 0.3 is 0 Å². The fourth-order valence-electron chi connectivity index (χ4n) is 10.8. The number of imidazole rings is 1. The molecule has 5 nitrogen and oxygen atoms in total. The summed E-state index contributed by atoms with van der Waals surface area (Å²) in [6.45, 7) is 27.7.